The van der Waals surface area contributed by atoms with Crippen molar-refractivity contribution in [2.75, 3.05) is 19.7 Å². The Labute approximate surface area is 232 Å². The van der Waals surface area contributed by atoms with Gasteiger partial charge >= 0.3 is 12.5 Å². The molecule has 3 amide bonds. The van der Waals surface area contributed by atoms with Gasteiger partial charge < -0.3 is 15.5 Å². The minimum Gasteiger partial charge on any atom is -0.356 e. The maximum absolute atomic E-state index is 13.8. The van der Waals surface area contributed by atoms with Gasteiger partial charge in [-0.05, 0) is 63.0 Å². The summed E-state index contributed by atoms with van der Waals surface area (Å²) in [5, 5.41) is 5.02. The number of nitrogens with one attached hydrogen (secondary N) is 2. The molecule has 226 valence electrons. The number of nitrogens with zero attached hydrogens (tertiary/aromatic N) is 1. The van der Waals surface area contributed by atoms with Gasteiger partial charge in [-0.2, -0.15) is 13.2 Å². The van der Waals surface area contributed by atoms with Crippen molar-refractivity contribution in [3.05, 3.63) is 35.4 Å². The predicted octanol–water partition coefficient (Wildman–Crippen LogP) is 3.48. The molecule has 1 aromatic rings. The lowest BCUT2D eigenvalue weighted by Crippen LogP contribution is -2.54. The summed E-state index contributed by atoms with van der Waals surface area (Å²) >= 11 is 0. The highest BCUT2D eigenvalue weighted by Crippen LogP contribution is 2.55. The van der Waals surface area contributed by atoms with Gasteiger partial charge in [-0.15, -0.1) is 13.2 Å². The summed E-state index contributed by atoms with van der Waals surface area (Å²) < 4.78 is 81.5. The molecule has 0 aromatic heterocycles. The van der Waals surface area contributed by atoms with Crippen molar-refractivity contribution in [1.82, 2.24) is 15.5 Å². The average Bonchev–Trinajstić information content (AvgIpc) is 3.35. The van der Waals surface area contributed by atoms with E-state index in [1.165, 1.54) is 30.9 Å². The molecule has 0 bridgehead atoms. The number of ether oxygens (including phenoxy) is 1. The third-order valence-electron chi connectivity index (χ3n) is 8.24. The number of ketones is 1. The summed E-state index contributed by atoms with van der Waals surface area (Å²) in [6.45, 7) is 2.03. The van der Waals surface area contributed by atoms with Crippen LogP contribution in [0.2, 0.25) is 0 Å². The standard InChI is InChI=1S/C27H31F6N3O5/c1-24(2,16-4-3-5-17(11-16)26(28,29)30)23(40)36-14-25(7-8-25)12-19(36)22(39)35-18(10-15-6-9-34-21(15)38)20(37)13-41-27(31,32)33/h3-5,11,15,18-19H,6-10,12-14H2,1-2H3,(H,34,38)(H,35,39)/t15-,18-,19-/m0/s1. The summed E-state index contributed by atoms with van der Waals surface area (Å²) in [6.07, 6.45) is -7.98. The van der Waals surface area contributed by atoms with E-state index in [1.807, 2.05) is 0 Å². The Balaban J connectivity index is 1.55. The van der Waals surface area contributed by atoms with Crippen LogP contribution < -0.4 is 10.6 Å². The average molecular weight is 592 g/mol. The molecule has 0 unspecified atom stereocenters. The number of hydrogen-bond donors (Lipinski definition) is 2. The van der Waals surface area contributed by atoms with Gasteiger partial charge in [-0.3, -0.25) is 23.9 Å². The summed E-state index contributed by atoms with van der Waals surface area (Å²) in [7, 11) is 0. The lowest BCUT2D eigenvalue weighted by Gasteiger charge is -2.34. The first-order chi connectivity index (χ1) is 18.9. The van der Waals surface area contributed by atoms with Crippen LogP contribution >= 0.6 is 0 Å². The number of benzene rings is 1. The van der Waals surface area contributed by atoms with Crippen LogP contribution in [0.5, 0.6) is 0 Å². The van der Waals surface area contributed by atoms with Crippen molar-refractivity contribution < 1.29 is 50.3 Å². The van der Waals surface area contributed by atoms with Crippen molar-refractivity contribution >= 4 is 23.5 Å². The van der Waals surface area contributed by atoms with E-state index in [1.54, 1.807) is 0 Å². The highest BCUT2D eigenvalue weighted by atomic mass is 19.4. The van der Waals surface area contributed by atoms with Gasteiger partial charge in [0.1, 0.15) is 12.6 Å². The summed E-state index contributed by atoms with van der Waals surface area (Å²) in [5.41, 5.74) is -2.65. The molecular formula is C27H31F6N3O5. The molecule has 2 saturated heterocycles. The molecular weight excluding hydrogens is 560 g/mol. The maximum atomic E-state index is 13.8. The highest BCUT2D eigenvalue weighted by molar-refractivity contribution is 5.96. The van der Waals surface area contributed by atoms with Crippen molar-refractivity contribution in [3.8, 4) is 0 Å². The molecule has 3 fully saturated rings. The number of rotatable bonds is 9. The lowest BCUT2D eigenvalue weighted by molar-refractivity contribution is -0.321. The second-order valence-electron chi connectivity index (χ2n) is 11.6. The zero-order valence-electron chi connectivity index (χ0n) is 22.5. The predicted molar refractivity (Wildman–Crippen MR) is 131 cm³/mol. The number of hydrogen-bond acceptors (Lipinski definition) is 5. The van der Waals surface area contributed by atoms with Crippen LogP contribution in [0.3, 0.4) is 0 Å². The van der Waals surface area contributed by atoms with Crippen LogP contribution in [-0.4, -0.2) is 66.5 Å². The van der Waals surface area contributed by atoms with E-state index in [0.29, 0.717) is 25.8 Å². The van der Waals surface area contributed by atoms with Gasteiger partial charge in [0.05, 0.1) is 17.0 Å². The number of likely N-dealkylation sites (tertiary alicyclic amines) is 1. The SMILES string of the molecule is CC(C)(C(=O)N1CC2(CC2)C[C@H]1C(=O)N[C@@H](C[C@@H]1CCNC1=O)C(=O)COC(F)(F)F)c1cccc(C(F)(F)F)c1. The Hall–Kier alpha value is -3.16. The molecule has 1 saturated carbocycles. The molecule has 2 N–H and O–H groups in total. The minimum absolute atomic E-state index is 0.0952. The highest BCUT2D eigenvalue weighted by Gasteiger charge is 2.57. The maximum Gasteiger partial charge on any atom is 0.522 e. The van der Waals surface area contributed by atoms with Crippen LogP contribution in [0.25, 0.3) is 0 Å². The van der Waals surface area contributed by atoms with E-state index in [0.717, 1.165) is 12.1 Å². The first kappa shape index (κ1) is 30.8. The van der Waals surface area contributed by atoms with Gasteiger partial charge in [-0.25, -0.2) is 0 Å². The second kappa shape index (κ2) is 10.9. The van der Waals surface area contributed by atoms with Crippen molar-refractivity contribution in [1.29, 1.82) is 0 Å². The molecule has 41 heavy (non-hydrogen) atoms. The molecule has 1 spiro atoms. The Kier molecular flexibility index (Phi) is 8.20. The van der Waals surface area contributed by atoms with E-state index in [4.69, 9.17) is 0 Å². The van der Waals surface area contributed by atoms with E-state index in [9.17, 15) is 45.5 Å². The van der Waals surface area contributed by atoms with E-state index in [-0.39, 0.29) is 30.4 Å². The molecule has 1 aromatic carbocycles. The fraction of sp³-hybridized carbons (Fsp3) is 0.630. The zero-order valence-corrected chi connectivity index (χ0v) is 22.5. The number of Topliss-reactive ketones (excluding diaryl/α,β-unsaturated/α-hetero) is 1. The molecule has 8 nitrogen and oxygen atoms in total. The van der Waals surface area contributed by atoms with E-state index < -0.39 is 71.6 Å². The van der Waals surface area contributed by atoms with Crippen LogP contribution in [0, 0.1) is 11.3 Å². The number of carbonyl (C=O) groups excluding carboxylic acids is 4. The summed E-state index contributed by atoms with van der Waals surface area (Å²) in [4.78, 5) is 53.4. The Morgan fingerprint density at radius 1 is 1.12 bits per heavy atom. The summed E-state index contributed by atoms with van der Waals surface area (Å²) in [6, 6.07) is 1.78. The number of carbonyl (C=O) groups is 4. The van der Waals surface area contributed by atoms with Crippen molar-refractivity contribution in [3.63, 3.8) is 0 Å². The van der Waals surface area contributed by atoms with Crippen molar-refractivity contribution in [2.45, 2.75) is 76.0 Å². The molecule has 0 radical (unpaired) electrons. The molecule has 3 aliphatic rings. The van der Waals surface area contributed by atoms with Crippen LogP contribution in [0.15, 0.2) is 24.3 Å². The van der Waals surface area contributed by atoms with Crippen LogP contribution in [-0.2, 0) is 35.5 Å². The fourth-order valence-electron chi connectivity index (χ4n) is 5.56. The molecule has 2 aliphatic heterocycles. The number of alkyl halides is 6. The molecule has 4 rings (SSSR count). The fourth-order valence-corrected chi connectivity index (χ4v) is 5.56. The quantitative estimate of drug-likeness (QED) is 0.428. The monoisotopic (exact) mass is 591 g/mol. The topological polar surface area (TPSA) is 105 Å². The van der Waals surface area contributed by atoms with Gasteiger partial charge in [-0.1, -0.05) is 18.2 Å². The van der Waals surface area contributed by atoms with Crippen molar-refractivity contribution in [2.24, 2.45) is 11.3 Å². The van der Waals surface area contributed by atoms with Gasteiger partial charge in [0, 0.05) is 19.0 Å². The molecule has 14 heteroatoms. The number of halogens is 6. The lowest BCUT2D eigenvalue weighted by atomic mass is 9.82. The Morgan fingerprint density at radius 2 is 1.78 bits per heavy atom. The molecule has 3 atom stereocenters. The first-order valence-electron chi connectivity index (χ1n) is 13.2. The van der Waals surface area contributed by atoms with Crippen LogP contribution in [0.1, 0.15) is 57.1 Å². The third kappa shape index (κ3) is 7.02. The van der Waals surface area contributed by atoms with Gasteiger partial charge in [0.15, 0.2) is 5.78 Å². The zero-order chi connectivity index (χ0) is 30.4. The smallest absolute Gasteiger partial charge is 0.356 e. The summed E-state index contributed by atoms with van der Waals surface area (Å²) in [5.74, 6) is -3.58. The third-order valence-corrected chi connectivity index (χ3v) is 8.24. The normalized spacial score (nSPS) is 22.9. The van der Waals surface area contributed by atoms with E-state index >= 15 is 0 Å². The van der Waals surface area contributed by atoms with E-state index in [2.05, 4.69) is 15.4 Å². The first-order valence-corrected chi connectivity index (χ1v) is 13.2. The van der Waals surface area contributed by atoms with Gasteiger partial charge in [0.2, 0.25) is 17.7 Å². The largest absolute Gasteiger partial charge is 0.522 e. The molecule has 1 aliphatic carbocycles. The van der Waals surface area contributed by atoms with Crippen LogP contribution in [0.4, 0.5) is 26.3 Å². The Morgan fingerprint density at radius 3 is 2.34 bits per heavy atom. The molecule has 2 heterocycles. The van der Waals surface area contributed by atoms with Gasteiger partial charge in [0.25, 0.3) is 0 Å². The Bertz CT molecular complexity index is 1210. The second-order valence-corrected chi connectivity index (χ2v) is 11.6. The minimum atomic E-state index is -5.09. The number of amides is 3.